The smallest absolute Gasteiger partial charge is 0.226 e. The van der Waals surface area contributed by atoms with E-state index < -0.39 is 0 Å². The minimum Gasteiger partial charge on any atom is -0.493 e. The van der Waals surface area contributed by atoms with Crippen LogP contribution < -0.4 is 10.1 Å². The van der Waals surface area contributed by atoms with E-state index in [2.05, 4.69) is 5.32 Å². The molecule has 0 aromatic heterocycles. The van der Waals surface area contributed by atoms with Gasteiger partial charge in [0.2, 0.25) is 11.8 Å². The molecule has 0 saturated carbocycles. The van der Waals surface area contributed by atoms with Crippen LogP contribution in [0.15, 0.2) is 54.6 Å². The highest BCUT2D eigenvalue weighted by atomic mass is 19.1. The number of benzene rings is 2. The Balaban J connectivity index is 1.47. The molecule has 1 heterocycles. The summed E-state index contributed by atoms with van der Waals surface area (Å²) < 4.78 is 18.9. The fraction of sp³-hybridized carbons (Fsp3) is 0.440. The van der Waals surface area contributed by atoms with E-state index in [1.165, 1.54) is 12.1 Å². The summed E-state index contributed by atoms with van der Waals surface area (Å²) in [6.07, 6.45) is 1.86. The summed E-state index contributed by atoms with van der Waals surface area (Å²) in [5.74, 6) is 0.205. The Morgan fingerprint density at radius 1 is 1.16 bits per heavy atom. The van der Waals surface area contributed by atoms with Gasteiger partial charge in [-0.05, 0) is 56.8 Å². The summed E-state index contributed by atoms with van der Waals surface area (Å²) >= 11 is 0. The maximum Gasteiger partial charge on any atom is 0.226 e. The molecular weight excluding hydrogens is 409 g/mol. The number of piperidine rings is 1. The highest BCUT2D eigenvalue weighted by Gasteiger charge is 2.29. The van der Waals surface area contributed by atoms with Crippen LogP contribution in [0.25, 0.3) is 0 Å². The molecule has 2 amide bonds. The van der Waals surface area contributed by atoms with E-state index in [0.29, 0.717) is 26.2 Å². The molecule has 0 bridgehead atoms. The van der Waals surface area contributed by atoms with Crippen molar-refractivity contribution in [3.05, 3.63) is 66.0 Å². The molecule has 0 spiro atoms. The van der Waals surface area contributed by atoms with Crippen molar-refractivity contribution >= 4 is 11.8 Å². The molecule has 1 N–H and O–H groups in total. The first kappa shape index (κ1) is 23.7. The fourth-order valence-electron chi connectivity index (χ4n) is 3.97. The number of ether oxygens (including phenoxy) is 1. The minimum atomic E-state index is -0.281. The van der Waals surface area contributed by atoms with Gasteiger partial charge in [0.15, 0.2) is 0 Å². The molecule has 0 radical (unpaired) electrons. The third-order valence-corrected chi connectivity index (χ3v) is 5.82. The second-order valence-electron chi connectivity index (χ2n) is 8.37. The molecule has 1 aliphatic rings. The van der Waals surface area contributed by atoms with Crippen molar-refractivity contribution < 1.29 is 18.7 Å². The lowest BCUT2D eigenvalue weighted by Gasteiger charge is -2.33. The standard InChI is InChI=1S/C25H32FN3O3/c1-28(2)23(19-10-12-21(26)13-11-19)17-27-25(31)20-7-6-15-29(18-20)24(30)14-16-32-22-8-4-3-5-9-22/h3-5,8-13,20,23H,6-7,14-18H2,1-2H3,(H,27,31). The summed E-state index contributed by atoms with van der Waals surface area (Å²) in [7, 11) is 3.86. The molecule has 2 aromatic rings. The number of halogens is 1. The quantitative estimate of drug-likeness (QED) is 0.649. The highest BCUT2D eigenvalue weighted by Crippen LogP contribution is 2.20. The monoisotopic (exact) mass is 441 g/mol. The van der Waals surface area contributed by atoms with Gasteiger partial charge in [0.1, 0.15) is 11.6 Å². The zero-order valence-electron chi connectivity index (χ0n) is 18.8. The Morgan fingerprint density at radius 2 is 1.88 bits per heavy atom. The van der Waals surface area contributed by atoms with Crippen molar-refractivity contribution in [3.8, 4) is 5.75 Å². The minimum absolute atomic E-state index is 0.0101. The van der Waals surface area contributed by atoms with Crippen LogP contribution in [0.1, 0.15) is 30.9 Å². The number of hydrogen-bond acceptors (Lipinski definition) is 4. The average Bonchev–Trinajstić information content (AvgIpc) is 2.80. The molecule has 1 aliphatic heterocycles. The van der Waals surface area contributed by atoms with Crippen molar-refractivity contribution in [3.63, 3.8) is 0 Å². The van der Waals surface area contributed by atoms with Gasteiger partial charge in [-0.3, -0.25) is 9.59 Å². The van der Waals surface area contributed by atoms with Crippen LogP contribution in [0, 0.1) is 11.7 Å². The van der Waals surface area contributed by atoms with E-state index in [1.54, 1.807) is 17.0 Å². The summed E-state index contributed by atoms with van der Waals surface area (Å²) in [6.45, 7) is 1.84. The second kappa shape index (κ2) is 11.6. The zero-order valence-corrected chi connectivity index (χ0v) is 18.8. The van der Waals surface area contributed by atoms with Crippen LogP contribution >= 0.6 is 0 Å². The van der Waals surface area contributed by atoms with Crippen LogP contribution in [0.3, 0.4) is 0 Å². The van der Waals surface area contributed by atoms with Crippen molar-refractivity contribution in [1.29, 1.82) is 0 Å². The maximum absolute atomic E-state index is 13.3. The largest absolute Gasteiger partial charge is 0.493 e. The van der Waals surface area contributed by atoms with Gasteiger partial charge in [-0.1, -0.05) is 30.3 Å². The number of nitrogens with one attached hydrogen (secondary N) is 1. The lowest BCUT2D eigenvalue weighted by Crippen LogP contribution is -2.46. The number of likely N-dealkylation sites (tertiary alicyclic amines) is 1. The molecule has 32 heavy (non-hydrogen) atoms. The van der Waals surface area contributed by atoms with Gasteiger partial charge in [-0.2, -0.15) is 0 Å². The molecule has 2 aromatic carbocycles. The van der Waals surface area contributed by atoms with Gasteiger partial charge < -0.3 is 19.9 Å². The Bertz CT molecular complexity index is 874. The molecule has 7 heteroatoms. The molecule has 172 valence electrons. The summed E-state index contributed by atoms with van der Waals surface area (Å²) in [4.78, 5) is 29.2. The molecular formula is C25H32FN3O3. The Morgan fingerprint density at radius 3 is 2.56 bits per heavy atom. The Hall–Kier alpha value is -2.93. The molecule has 2 unspecified atom stereocenters. The molecule has 1 fully saturated rings. The lowest BCUT2D eigenvalue weighted by atomic mass is 9.96. The van der Waals surface area contributed by atoms with E-state index in [9.17, 15) is 14.0 Å². The number of rotatable bonds is 9. The van der Waals surface area contributed by atoms with Crippen molar-refractivity contribution in [1.82, 2.24) is 15.1 Å². The van der Waals surface area contributed by atoms with E-state index >= 15 is 0 Å². The molecule has 6 nitrogen and oxygen atoms in total. The summed E-state index contributed by atoms with van der Waals surface area (Å²) in [6, 6.07) is 15.7. The average molecular weight is 442 g/mol. The normalized spacial score (nSPS) is 17.1. The predicted molar refractivity (Wildman–Crippen MR) is 122 cm³/mol. The molecule has 2 atom stereocenters. The third-order valence-electron chi connectivity index (χ3n) is 5.82. The molecule has 1 saturated heterocycles. The number of amides is 2. The van der Waals surface area contributed by atoms with Gasteiger partial charge in [0, 0.05) is 19.6 Å². The number of para-hydroxylation sites is 1. The highest BCUT2D eigenvalue weighted by molar-refractivity contribution is 5.81. The van der Waals surface area contributed by atoms with Crippen LogP contribution in [0.4, 0.5) is 4.39 Å². The lowest BCUT2D eigenvalue weighted by molar-refractivity contribution is -0.136. The van der Waals surface area contributed by atoms with Crippen LogP contribution in [-0.4, -0.2) is 62.0 Å². The first-order valence-corrected chi connectivity index (χ1v) is 11.1. The summed E-state index contributed by atoms with van der Waals surface area (Å²) in [5.41, 5.74) is 0.940. The van der Waals surface area contributed by atoms with Gasteiger partial charge in [-0.25, -0.2) is 4.39 Å². The van der Waals surface area contributed by atoms with Gasteiger partial charge in [0.05, 0.1) is 25.0 Å². The predicted octanol–water partition coefficient (Wildman–Crippen LogP) is 3.25. The van der Waals surface area contributed by atoms with Crippen LogP contribution in [0.2, 0.25) is 0 Å². The van der Waals surface area contributed by atoms with Crippen LogP contribution in [0.5, 0.6) is 5.75 Å². The third kappa shape index (κ3) is 6.79. The zero-order chi connectivity index (χ0) is 22.9. The molecule has 0 aliphatic carbocycles. The summed E-state index contributed by atoms with van der Waals surface area (Å²) in [5, 5.41) is 3.03. The number of nitrogens with zero attached hydrogens (tertiary/aromatic N) is 2. The number of carbonyl (C=O) groups is 2. The second-order valence-corrected chi connectivity index (χ2v) is 8.37. The first-order chi connectivity index (χ1) is 15.4. The van der Waals surface area contributed by atoms with Gasteiger partial charge in [0.25, 0.3) is 0 Å². The van der Waals surface area contributed by atoms with Crippen molar-refractivity contribution in [2.45, 2.75) is 25.3 Å². The molecule has 3 rings (SSSR count). The van der Waals surface area contributed by atoms with E-state index in [4.69, 9.17) is 4.74 Å². The van der Waals surface area contributed by atoms with Gasteiger partial charge in [-0.15, -0.1) is 0 Å². The van der Waals surface area contributed by atoms with E-state index in [0.717, 1.165) is 24.2 Å². The number of likely N-dealkylation sites (N-methyl/N-ethyl adjacent to an activating group) is 1. The Labute approximate surface area is 189 Å². The van der Waals surface area contributed by atoms with Crippen molar-refractivity contribution in [2.24, 2.45) is 5.92 Å². The van der Waals surface area contributed by atoms with E-state index in [1.807, 2.05) is 49.3 Å². The van der Waals surface area contributed by atoms with Gasteiger partial charge >= 0.3 is 0 Å². The van der Waals surface area contributed by atoms with Crippen LogP contribution in [-0.2, 0) is 9.59 Å². The van der Waals surface area contributed by atoms with E-state index in [-0.39, 0.29) is 36.0 Å². The number of carbonyl (C=O) groups excluding carboxylic acids is 2. The first-order valence-electron chi connectivity index (χ1n) is 11.1. The maximum atomic E-state index is 13.3. The SMILES string of the molecule is CN(C)C(CNC(=O)C1CCCN(C(=O)CCOc2ccccc2)C1)c1ccc(F)cc1. The Kier molecular flexibility index (Phi) is 8.62. The fourth-order valence-corrected chi connectivity index (χ4v) is 3.97. The van der Waals surface area contributed by atoms with Crippen molar-refractivity contribution in [2.75, 3.05) is 40.3 Å². The number of hydrogen-bond donors (Lipinski definition) is 1. The topological polar surface area (TPSA) is 61.9 Å².